The Balaban J connectivity index is 2.35. The van der Waals surface area contributed by atoms with Gasteiger partial charge in [-0.15, -0.1) is 0 Å². The minimum Gasteiger partial charge on any atom is -0.481 e. The molecular weight excluding hydrogens is 366 g/mol. The Labute approximate surface area is 167 Å². The third kappa shape index (κ3) is 9.24. The zero-order valence-electron chi connectivity index (χ0n) is 17.4. The maximum absolute atomic E-state index is 14.0. The predicted octanol–water partition coefficient (Wildman–Crippen LogP) is 5.82. The summed E-state index contributed by atoms with van der Waals surface area (Å²) < 4.78 is 28.1. The van der Waals surface area contributed by atoms with Gasteiger partial charge in [-0.1, -0.05) is 39.5 Å². The van der Waals surface area contributed by atoms with Gasteiger partial charge in [0.2, 0.25) is 5.78 Å². The zero-order valence-corrected chi connectivity index (χ0v) is 17.4. The number of carboxylic acid groups (broad SMARTS) is 1. The van der Waals surface area contributed by atoms with Gasteiger partial charge in [0.25, 0.3) is 0 Å². The zero-order chi connectivity index (χ0) is 21.2. The average molecular weight is 403 g/mol. The fourth-order valence-electron chi connectivity index (χ4n) is 4.08. The number of aliphatic carboxylic acids is 1. The molecule has 1 unspecified atom stereocenters. The molecule has 0 aromatic heterocycles. The van der Waals surface area contributed by atoms with Crippen LogP contribution in [0.2, 0.25) is 0 Å². The second-order valence-electron chi connectivity index (χ2n) is 8.67. The summed E-state index contributed by atoms with van der Waals surface area (Å²) in [6, 6.07) is 0. The van der Waals surface area contributed by atoms with Crippen LogP contribution in [0.15, 0.2) is 0 Å². The highest BCUT2D eigenvalue weighted by Crippen LogP contribution is 2.37. The molecule has 4 nitrogen and oxygen atoms in total. The van der Waals surface area contributed by atoms with Crippen molar-refractivity contribution in [2.45, 2.75) is 103 Å². The lowest BCUT2D eigenvalue weighted by Crippen LogP contribution is -2.29. The maximum Gasteiger partial charge on any atom is 0.305 e. The summed E-state index contributed by atoms with van der Waals surface area (Å²) in [7, 11) is 0. The number of halogens is 2. The van der Waals surface area contributed by atoms with Crippen LogP contribution in [0.3, 0.4) is 0 Å². The Morgan fingerprint density at radius 1 is 1.07 bits per heavy atom. The number of rotatable bonds is 15. The largest absolute Gasteiger partial charge is 0.481 e. The van der Waals surface area contributed by atoms with Crippen molar-refractivity contribution in [1.82, 2.24) is 0 Å². The van der Waals surface area contributed by atoms with Crippen molar-refractivity contribution in [3.8, 4) is 0 Å². The van der Waals surface area contributed by atoms with Crippen LogP contribution in [0.25, 0.3) is 0 Å². The lowest BCUT2D eigenvalue weighted by atomic mass is 9.85. The van der Waals surface area contributed by atoms with Gasteiger partial charge in [-0.2, -0.15) is 8.78 Å². The number of ketones is 2. The van der Waals surface area contributed by atoms with E-state index in [1.54, 1.807) is 0 Å². The molecule has 1 N–H and O–H groups in total. The van der Waals surface area contributed by atoms with E-state index >= 15 is 0 Å². The third-order valence-electron chi connectivity index (χ3n) is 5.82. The predicted molar refractivity (Wildman–Crippen MR) is 104 cm³/mol. The molecule has 0 aromatic rings. The highest BCUT2D eigenvalue weighted by Gasteiger charge is 2.39. The van der Waals surface area contributed by atoms with Crippen LogP contribution >= 0.6 is 0 Å². The molecule has 6 heteroatoms. The number of carbonyl (C=O) groups excluding carboxylic acids is 2. The number of hydrogen-bond acceptors (Lipinski definition) is 3. The normalized spacial score (nSPS) is 20.1. The second kappa shape index (κ2) is 12.3. The van der Waals surface area contributed by atoms with Crippen molar-refractivity contribution in [2.75, 3.05) is 0 Å². The molecule has 0 radical (unpaired) electrons. The molecule has 1 saturated carbocycles. The van der Waals surface area contributed by atoms with E-state index in [-0.39, 0.29) is 36.9 Å². The van der Waals surface area contributed by atoms with Gasteiger partial charge in [-0.05, 0) is 43.9 Å². The van der Waals surface area contributed by atoms with E-state index in [4.69, 9.17) is 5.11 Å². The van der Waals surface area contributed by atoms with Crippen molar-refractivity contribution in [2.24, 2.45) is 17.8 Å². The fourth-order valence-corrected chi connectivity index (χ4v) is 4.08. The van der Waals surface area contributed by atoms with Crippen molar-refractivity contribution in [3.63, 3.8) is 0 Å². The molecule has 0 aliphatic heterocycles. The molecule has 0 amide bonds. The van der Waals surface area contributed by atoms with E-state index in [0.717, 1.165) is 25.7 Å². The summed E-state index contributed by atoms with van der Waals surface area (Å²) in [6.45, 7) is 3.95. The van der Waals surface area contributed by atoms with E-state index in [9.17, 15) is 23.2 Å². The molecule has 162 valence electrons. The van der Waals surface area contributed by atoms with E-state index in [2.05, 4.69) is 0 Å². The number of alkyl halides is 2. The SMILES string of the molecule is CC(C)CCCC(F)(F)C(=O)CC[C@H]1CCC(=O)C1CCCCCCC(=O)O. The van der Waals surface area contributed by atoms with Crippen molar-refractivity contribution >= 4 is 17.5 Å². The summed E-state index contributed by atoms with van der Waals surface area (Å²) in [4.78, 5) is 34.6. The summed E-state index contributed by atoms with van der Waals surface area (Å²) in [5, 5.41) is 8.62. The summed E-state index contributed by atoms with van der Waals surface area (Å²) >= 11 is 0. The molecule has 1 aliphatic carbocycles. The van der Waals surface area contributed by atoms with Crippen LogP contribution in [0.5, 0.6) is 0 Å². The monoisotopic (exact) mass is 402 g/mol. The first-order chi connectivity index (χ1) is 13.1. The maximum atomic E-state index is 14.0. The first kappa shape index (κ1) is 24.7. The fraction of sp³-hybridized carbons (Fsp3) is 0.864. The van der Waals surface area contributed by atoms with Gasteiger partial charge in [0, 0.05) is 31.6 Å². The summed E-state index contributed by atoms with van der Waals surface area (Å²) in [5.74, 6) is -4.59. The third-order valence-corrected chi connectivity index (χ3v) is 5.82. The lowest BCUT2D eigenvalue weighted by Gasteiger charge is -2.20. The van der Waals surface area contributed by atoms with Crippen molar-refractivity contribution in [3.05, 3.63) is 0 Å². The molecule has 0 saturated heterocycles. The van der Waals surface area contributed by atoms with Gasteiger partial charge in [-0.3, -0.25) is 14.4 Å². The van der Waals surface area contributed by atoms with E-state index in [0.29, 0.717) is 44.4 Å². The molecule has 1 aliphatic rings. The minimum atomic E-state index is -3.25. The van der Waals surface area contributed by atoms with E-state index < -0.39 is 17.7 Å². The van der Waals surface area contributed by atoms with Crippen molar-refractivity contribution < 1.29 is 28.3 Å². The molecule has 0 heterocycles. The van der Waals surface area contributed by atoms with Crippen LogP contribution in [0.4, 0.5) is 8.78 Å². The van der Waals surface area contributed by atoms with Crippen LogP contribution in [0.1, 0.15) is 97.3 Å². The minimum absolute atomic E-state index is 0.0296. The van der Waals surface area contributed by atoms with Crippen molar-refractivity contribution in [1.29, 1.82) is 0 Å². The Morgan fingerprint density at radius 2 is 1.75 bits per heavy atom. The first-order valence-electron chi connectivity index (χ1n) is 10.8. The standard InChI is InChI=1S/C22H36F2O4/c1-16(2)8-7-15-22(23,24)20(26)14-12-17-11-13-19(25)18(17)9-5-3-4-6-10-21(27)28/h16-18H,3-15H2,1-2H3,(H,27,28)/t17-,18?/m1/s1. The lowest BCUT2D eigenvalue weighted by molar-refractivity contribution is -0.144. The molecule has 0 bridgehead atoms. The smallest absolute Gasteiger partial charge is 0.305 e. The van der Waals surface area contributed by atoms with Gasteiger partial charge in [-0.25, -0.2) is 0 Å². The van der Waals surface area contributed by atoms with Gasteiger partial charge >= 0.3 is 11.9 Å². The Kier molecular flexibility index (Phi) is 10.8. The molecule has 2 atom stereocenters. The molecule has 0 spiro atoms. The molecule has 28 heavy (non-hydrogen) atoms. The van der Waals surface area contributed by atoms with Crippen LogP contribution in [-0.2, 0) is 14.4 Å². The number of carbonyl (C=O) groups is 3. The number of hydrogen-bond donors (Lipinski definition) is 1. The Hall–Kier alpha value is -1.33. The quantitative estimate of drug-likeness (QED) is 0.350. The van der Waals surface area contributed by atoms with Gasteiger partial charge < -0.3 is 5.11 Å². The molecular formula is C22H36F2O4. The topological polar surface area (TPSA) is 71.4 Å². The number of unbranched alkanes of at least 4 members (excludes halogenated alkanes) is 3. The highest BCUT2D eigenvalue weighted by molar-refractivity contribution is 5.86. The number of Topliss-reactive ketones (excluding diaryl/α,β-unsaturated/α-hetero) is 2. The molecule has 1 rings (SSSR count). The average Bonchev–Trinajstić information content (AvgIpc) is 2.95. The molecule has 1 fully saturated rings. The summed E-state index contributed by atoms with van der Waals surface area (Å²) in [5.41, 5.74) is 0. The van der Waals surface area contributed by atoms with Crippen LogP contribution in [-0.4, -0.2) is 28.6 Å². The van der Waals surface area contributed by atoms with Gasteiger partial charge in [0.05, 0.1) is 0 Å². The Morgan fingerprint density at radius 3 is 2.39 bits per heavy atom. The number of carboxylic acids is 1. The van der Waals surface area contributed by atoms with Crippen LogP contribution < -0.4 is 0 Å². The first-order valence-corrected chi connectivity index (χ1v) is 10.8. The van der Waals surface area contributed by atoms with E-state index in [1.807, 2.05) is 13.8 Å². The van der Waals surface area contributed by atoms with E-state index in [1.165, 1.54) is 0 Å². The molecule has 0 aromatic carbocycles. The van der Waals surface area contributed by atoms with Gasteiger partial charge in [0.15, 0.2) is 0 Å². The Bertz CT molecular complexity index is 517. The van der Waals surface area contributed by atoms with Gasteiger partial charge in [0.1, 0.15) is 5.78 Å². The second-order valence-corrected chi connectivity index (χ2v) is 8.67. The highest BCUT2D eigenvalue weighted by atomic mass is 19.3. The van der Waals surface area contributed by atoms with Crippen LogP contribution in [0, 0.1) is 17.8 Å². The summed E-state index contributed by atoms with van der Waals surface area (Å²) in [6.07, 6.45) is 6.09.